The molecule has 1 amide bonds. The van der Waals surface area contributed by atoms with Crippen molar-refractivity contribution in [2.75, 3.05) is 19.8 Å². The number of amides is 1. The second kappa shape index (κ2) is 9.83. The van der Waals surface area contributed by atoms with Crippen LogP contribution in [0.25, 0.3) is 0 Å². The molecule has 0 bridgehead atoms. The molecule has 0 unspecified atom stereocenters. The normalized spacial score (nSPS) is 10.3. The summed E-state index contributed by atoms with van der Waals surface area (Å²) in [5.41, 5.74) is 1.37. The van der Waals surface area contributed by atoms with E-state index in [9.17, 15) is 9.59 Å². The maximum absolute atomic E-state index is 12.9. The Kier molecular flexibility index (Phi) is 7.49. The molecule has 7 heteroatoms. The SMILES string of the molecule is CCOc1cc(C(=O)N(CC)Cc2cccc(Cl)c2)ccc1OCC(=O)O. The largest absolute Gasteiger partial charge is 0.490 e. The van der Waals surface area contributed by atoms with Crippen LogP contribution >= 0.6 is 11.6 Å². The van der Waals surface area contributed by atoms with E-state index in [4.69, 9.17) is 26.2 Å². The van der Waals surface area contributed by atoms with Gasteiger partial charge in [0.2, 0.25) is 0 Å². The molecule has 1 N–H and O–H groups in total. The van der Waals surface area contributed by atoms with Gasteiger partial charge in [-0.1, -0.05) is 23.7 Å². The van der Waals surface area contributed by atoms with Crippen LogP contribution in [0.2, 0.25) is 5.02 Å². The number of carboxylic acids is 1. The molecule has 6 nitrogen and oxygen atoms in total. The van der Waals surface area contributed by atoms with Crippen molar-refractivity contribution in [3.05, 3.63) is 58.6 Å². The highest BCUT2D eigenvalue weighted by molar-refractivity contribution is 6.30. The molecule has 27 heavy (non-hydrogen) atoms. The third kappa shape index (κ3) is 5.89. The van der Waals surface area contributed by atoms with Gasteiger partial charge in [-0.2, -0.15) is 0 Å². The molecule has 0 aliphatic heterocycles. The number of benzene rings is 2. The molecular formula is C20H22ClNO5. The van der Waals surface area contributed by atoms with Crippen molar-refractivity contribution in [3.8, 4) is 11.5 Å². The van der Waals surface area contributed by atoms with Crippen LogP contribution in [-0.2, 0) is 11.3 Å². The minimum Gasteiger partial charge on any atom is -0.490 e. The summed E-state index contributed by atoms with van der Waals surface area (Å²) in [5.74, 6) is -0.628. The minimum atomic E-state index is -1.09. The van der Waals surface area contributed by atoms with Crippen LogP contribution in [0, 0.1) is 0 Å². The predicted molar refractivity (Wildman–Crippen MR) is 103 cm³/mol. The fourth-order valence-corrected chi connectivity index (χ4v) is 2.75. The van der Waals surface area contributed by atoms with Crippen molar-refractivity contribution in [2.45, 2.75) is 20.4 Å². The van der Waals surface area contributed by atoms with E-state index in [1.165, 1.54) is 0 Å². The Labute approximate surface area is 163 Å². The van der Waals surface area contributed by atoms with Crippen LogP contribution in [0.4, 0.5) is 0 Å². The monoisotopic (exact) mass is 391 g/mol. The summed E-state index contributed by atoms with van der Waals surface area (Å²) in [4.78, 5) is 25.3. The smallest absolute Gasteiger partial charge is 0.341 e. The van der Waals surface area contributed by atoms with Gasteiger partial charge in [-0.05, 0) is 49.7 Å². The van der Waals surface area contributed by atoms with Crippen molar-refractivity contribution in [1.29, 1.82) is 0 Å². The molecular weight excluding hydrogens is 370 g/mol. The maximum atomic E-state index is 12.9. The molecule has 2 rings (SSSR count). The first-order valence-corrected chi connectivity index (χ1v) is 8.97. The molecule has 0 aromatic heterocycles. The van der Waals surface area contributed by atoms with Crippen molar-refractivity contribution in [2.24, 2.45) is 0 Å². The topological polar surface area (TPSA) is 76.1 Å². The number of ether oxygens (including phenoxy) is 2. The molecule has 0 aliphatic carbocycles. The molecule has 0 spiro atoms. The number of carbonyl (C=O) groups is 2. The Morgan fingerprint density at radius 2 is 1.85 bits per heavy atom. The van der Waals surface area contributed by atoms with Crippen LogP contribution in [0.1, 0.15) is 29.8 Å². The summed E-state index contributed by atoms with van der Waals surface area (Å²) in [7, 11) is 0. The quantitative estimate of drug-likeness (QED) is 0.702. The molecule has 0 fully saturated rings. The number of halogens is 1. The number of nitrogens with zero attached hydrogens (tertiary/aromatic N) is 1. The maximum Gasteiger partial charge on any atom is 0.341 e. The lowest BCUT2D eigenvalue weighted by Crippen LogP contribution is -2.30. The van der Waals surface area contributed by atoms with E-state index in [1.54, 1.807) is 36.1 Å². The van der Waals surface area contributed by atoms with Gasteiger partial charge >= 0.3 is 5.97 Å². The van der Waals surface area contributed by atoms with Gasteiger partial charge in [-0.15, -0.1) is 0 Å². The zero-order valence-electron chi connectivity index (χ0n) is 15.3. The van der Waals surface area contributed by atoms with Crippen LogP contribution in [-0.4, -0.2) is 41.6 Å². The molecule has 0 heterocycles. The Balaban J connectivity index is 2.22. The predicted octanol–water partition coefficient (Wildman–Crippen LogP) is 3.86. The van der Waals surface area contributed by atoms with Crippen molar-refractivity contribution < 1.29 is 24.2 Å². The zero-order valence-corrected chi connectivity index (χ0v) is 16.0. The summed E-state index contributed by atoms with van der Waals surface area (Å²) >= 11 is 6.02. The average Bonchev–Trinajstić information content (AvgIpc) is 2.64. The number of aliphatic carboxylic acids is 1. The molecule has 144 valence electrons. The standard InChI is InChI=1S/C20H22ClNO5/c1-3-22(12-14-6-5-7-16(21)10-14)20(25)15-8-9-17(27-13-19(23)24)18(11-15)26-4-2/h5-11H,3-4,12-13H2,1-2H3,(H,23,24). The fraction of sp³-hybridized carbons (Fsp3) is 0.300. The number of carbonyl (C=O) groups excluding carboxylic acids is 1. The van der Waals surface area contributed by atoms with E-state index < -0.39 is 12.6 Å². The molecule has 0 aliphatic rings. The van der Waals surface area contributed by atoms with Gasteiger partial charge in [-0.25, -0.2) is 4.79 Å². The Morgan fingerprint density at radius 3 is 2.48 bits per heavy atom. The molecule has 2 aromatic rings. The number of hydrogen-bond donors (Lipinski definition) is 1. The lowest BCUT2D eigenvalue weighted by molar-refractivity contribution is -0.139. The van der Waals surface area contributed by atoms with E-state index in [1.807, 2.05) is 25.1 Å². The Hall–Kier alpha value is -2.73. The van der Waals surface area contributed by atoms with Crippen LogP contribution in [0.3, 0.4) is 0 Å². The van der Waals surface area contributed by atoms with Crippen molar-refractivity contribution >= 4 is 23.5 Å². The molecule has 0 saturated heterocycles. The molecule has 0 radical (unpaired) electrons. The van der Waals surface area contributed by atoms with E-state index in [0.717, 1.165) is 5.56 Å². The Bertz CT molecular complexity index is 809. The van der Waals surface area contributed by atoms with Crippen molar-refractivity contribution in [3.63, 3.8) is 0 Å². The first-order chi connectivity index (χ1) is 12.9. The van der Waals surface area contributed by atoms with Gasteiger partial charge < -0.3 is 19.5 Å². The second-order valence-electron chi connectivity index (χ2n) is 5.73. The third-order valence-electron chi connectivity index (χ3n) is 3.77. The van der Waals surface area contributed by atoms with E-state index >= 15 is 0 Å². The number of rotatable bonds is 9. The Morgan fingerprint density at radius 1 is 1.07 bits per heavy atom. The highest BCUT2D eigenvalue weighted by atomic mass is 35.5. The third-order valence-corrected chi connectivity index (χ3v) is 4.01. The molecule has 0 atom stereocenters. The number of carboxylic acid groups (broad SMARTS) is 1. The van der Waals surface area contributed by atoms with Crippen LogP contribution in [0.15, 0.2) is 42.5 Å². The van der Waals surface area contributed by atoms with Gasteiger partial charge in [0.15, 0.2) is 18.1 Å². The summed E-state index contributed by atoms with van der Waals surface area (Å²) < 4.78 is 10.7. The van der Waals surface area contributed by atoms with Gasteiger partial charge in [0, 0.05) is 23.7 Å². The fourth-order valence-electron chi connectivity index (χ4n) is 2.53. The average molecular weight is 392 g/mol. The highest BCUT2D eigenvalue weighted by Gasteiger charge is 2.18. The molecule has 2 aromatic carbocycles. The van der Waals surface area contributed by atoms with Crippen LogP contribution < -0.4 is 9.47 Å². The zero-order chi connectivity index (χ0) is 19.8. The van der Waals surface area contributed by atoms with Gasteiger partial charge in [0.1, 0.15) is 0 Å². The van der Waals surface area contributed by atoms with Crippen LogP contribution in [0.5, 0.6) is 11.5 Å². The van der Waals surface area contributed by atoms with Gasteiger partial charge in [0.25, 0.3) is 5.91 Å². The van der Waals surface area contributed by atoms with Crippen molar-refractivity contribution in [1.82, 2.24) is 4.90 Å². The lowest BCUT2D eigenvalue weighted by Gasteiger charge is -2.22. The summed E-state index contributed by atoms with van der Waals surface area (Å²) in [6.45, 7) is 4.53. The van der Waals surface area contributed by atoms with E-state index in [-0.39, 0.29) is 11.7 Å². The summed E-state index contributed by atoms with van der Waals surface area (Å²) in [5, 5.41) is 9.39. The minimum absolute atomic E-state index is 0.164. The number of hydrogen-bond acceptors (Lipinski definition) is 4. The van der Waals surface area contributed by atoms with E-state index in [0.29, 0.717) is 36.0 Å². The first-order valence-electron chi connectivity index (χ1n) is 8.59. The highest BCUT2D eigenvalue weighted by Crippen LogP contribution is 2.29. The first kappa shape index (κ1) is 20.6. The van der Waals surface area contributed by atoms with Gasteiger partial charge in [-0.3, -0.25) is 4.79 Å². The summed E-state index contributed by atoms with van der Waals surface area (Å²) in [6, 6.07) is 12.1. The van der Waals surface area contributed by atoms with E-state index in [2.05, 4.69) is 0 Å². The van der Waals surface area contributed by atoms with Gasteiger partial charge in [0.05, 0.1) is 6.61 Å². The summed E-state index contributed by atoms with van der Waals surface area (Å²) in [6.07, 6.45) is 0. The second-order valence-corrected chi connectivity index (χ2v) is 6.16. The lowest BCUT2D eigenvalue weighted by atomic mass is 10.1. The molecule has 0 saturated carbocycles.